The van der Waals surface area contributed by atoms with Crippen LogP contribution in [0, 0.1) is 0 Å². The van der Waals surface area contributed by atoms with E-state index in [9.17, 15) is 9.59 Å². The number of carbonyl (C=O) groups is 2. The smallest absolute Gasteiger partial charge is 0.272 e. The highest BCUT2D eigenvalue weighted by atomic mass is 32.2. The molecular weight excluding hydrogens is 402 g/mol. The summed E-state index contributed by atoms with van der Waals surface area (Å²) in [5.41, 5.74) is 1.39. The molecule has 3 rings (SSSR count). The van der Waals surface area contributed by atoms with Crippen LogP contribution in [0.15, 0.2) is 11.2 Å². The molecule has 2 aliphatic heterocycles. The Hall–Kier alpha value is -2.03. The first-order valence-corrected chi connectivity index (χ1v) is 11.8. The number of aryl methyl sites for hydroxylation is 1. The lowest BCUT2D eigenvalue weighted by molar-refractivity contribution is -0.114. The minimum atomic E-state index is -0.468. The summed E-state index contributed by atoms with van der Waals surface area (Å²) in [7, 11) is 1.81. The molecule has 9 heteroatoms. The zero-order chi connectivity index (χ0) is 21.9. The summed E-state index contributed by atoms with van der Waals surface area (Å²) < 4.78 is 1.67. The molecule has 0 saturated carbocycles. The zero-order valence-electron chi connectivity index (χ0n) is 18.7. The Kier molecular flexibility index (Phi) is 6.79. The fourth-order valence-corrected chi connectivity index (χ4v) is 4.24. The molecule has 1 spiro atoms. The number of aromatic nitrogens is 2. The first-order chi connectivity index (χ1) is 14.1. The molecule has 0 atom stereocenters. The maximum absolute atomic E-state index is 13.0. The lowest BCUT2D eigenvalue weighted by Gasteiger charge is -2.37. The number of nitrogens with one attached hydrogen (secondary N) is 1. The van der Waals surface area contributed by atoms with E-state index in [0.717, 1.165) is 17.2 Å². The molecule has 0 radical (unpaired) electrons. The van der Waals surface area contributed by atoms with Crippen molar-refractivity contribution in [2.24, 2.45) is 12.2 Å². The highest BCUT2D eigenvalue weighted by Crippen LogP contribution is 2.35. The van der Waals surface area contributed by atoms with Crippen molar-refractivity contribution in [2.45, 2.75) is 58.0 Å². The standard InChI is InChI=1S/C21H33N5O3S/c1-6-30-12-9-22-18(27)15-14-21(29-24-15)7-10-26(11-8-21)19(28)16-13-17(20(2,3)4)23-25(16)5/h13H,6-12,14H2,1-5H3,(H,22,27). The van der Waals surface area contributed by atoms with E-state index in [4.69, 9.17) is 4.84 Å². The van der Waals surface area contributed by atoms with Crippen molar-refractivity contribution < 1.29 is 14.4 Å². The average molecular weight is 436 g/mol. The third-order valence-corrected chi connectivity index (χ3v) is 6.57. The second kappa shape index (κ2) is 8.99. The van der Waals surface area contributed by atoms with Crippen LogP contribution in [0.5, 0.6) is 0 Å². The highest BCUT2D eigenvalue weighted by molar-refractivity contribution is 7.99. The van der Waals surface area contributed by atoms with Gasteiger partial charge in [-0.1, -0.05) is 32.9 Å². The van der Waals surface area contributed by atoms with E-state index in [1.165, 1.54) is 0 Å². The van der Waals surface area contributed by atoms with Gasteiger partial charge in [-0.2, -0.15) is 16.9 Å². The summed E-state index contributed by atoms with van der Waals surface area (Å²) in [5, 5.41) is 11.5. The van der Waals surface area contributed by atoms with E-state index in [-0.39, 0.29) is 17.2 Å². The molecule has 2 amide bonds. The summed E-state index contributed by atoms with van der Waals surface area (Å²) in [6.07, 6.45) is 1.82. The first kappa shape index (κ1) is 22.7. The third kappa shape index (κ3) is 4.99. The SMILES string of the molecule is CCSCCNC(=O)C1=NOC2(CCN(C(=O)c3cc(C(C)(C)C)nn3C)CC2)C1. The van der Waals surface area contributed by atoms with Crippen LogP contribution in [-0.4, -0.2) is 68.9 Å². The van der Waals surface area contributed by atoms with Gasteiger partial charge >= 0.3 is 0 Å². The van der Waals surface area contributed by atoms with E-state index >= 15 is 0 Å². The average Bonchev–Trinajstić information content (AvgIpc) is 3.29. The summed E-state index contributed by atoms with van der Waals surface area (Å²) in [6.45, 7) is 10.1. The van der Waals surface area contributed by atoms with E-state index in [1.54, 1.807) is 16.4 Å². The largest absolute Gasteiger partial charge is 0.388 e. The quantitative estimate of drug-likeness (QED) is 0.693. The van der Waals surface area contributed by atoms with Crippen molar-refractivity contribution >= 4 is 29.3 Å². The number of piperidine rings is 1. The highest BCUT2D eigenvalue weighted by Gasteiger charge is 2.44. The molecule has 1 saturated heterocycles. The number of amides is 2. The summed E-state index contributed by atoms with van der Waals surface area (Å²) in [4.78, 5) is 32.9. The Morgan fingerprint density at radius 2 is 2.00 bits per heavy atom. The Labute approximate surface area is 182 Å². The lowest BCUT2D eigenvalue weighted by atomic mass is 9.86. The molecule has 3 heterocycles. The Balaban J connectivity index is 1.54. The van der Waals surface area contributed by atoms with Crippen LogP contribution in [-0.2, 0) is 22.1 Å². The molecule has 0 aliphatic carbocycles. The van der Waals surface area contributed by atoms with Crippen LogP contribution in [0.2, 0.25) is 0 Å². The molecule has 0 aromatic carbocycles. The van der Waals surface area contributed by atoms with Crippen LogP contribution in [0.3, 0.4) is 0 Å². The minimum absolute atomic E-state index is 0.0133. The van der Waals surface area contributed by atoms with Gasteiger partial charge in [0.15, 0.2) is 0 Å². The predicted molar refractivity (Wildman–Crippen MR) is 119 cm³/mol. The van der Waals surface area contributed by atoms with Gasteiger partial charge in [-0.15, -0.1) is 0 Å². The maximum Gasteiger partial charge on any atom is 0.272 e. The predicted octanol–water partition coefficient (Wildman–Crippen LogP) is 2.34. The molecule has 1 N–H and O–H groups in total. The van der Waals surface area contributed by atoms with Gasteiger partial charge in [-0.05, 0) is 11.8 Å². The van der Waals surface area contributed by atoms with Gasteiger partial charge in [0.1, 0.15) is 17.0 Å². The van der Waals surface area contributed by atoms with Crippen molar-refractivity contribution in [2.75, 3.05) is 31.1 Å². The van der Waals surface area contributed by atoms with Crippen molar-refractivity contribution in [3.8, 4) is 0 Å². The van der Waals surface area contributed by atoms with E-state index in [2.05, 4.69) is 43.3 Å². The number of hydrogen-bond donors (Lipinski definition) is 1. The van der Waals surface area contributed by atoms with E-state index in [0.29, 0.717) is 50.3 Å². The van der Waals surface area contributed by atoms with E-state index in [1.807, 2.05) is 18.0 Å². The number of hydrogen-bond acceptors (Lipinski definition) is 6. The van der Waals surface area contributed by atoms with Crippen molar-refractivity contribution in [1.82, 2.24) is 20.0 Å². The molecule has 8 nitrogen and oxygen atoms in total. The van der Waals surface area contributed by atoms with Crippen LogP contribution in [0.1, 0.15) is 63.1 Å². The first-order valence-electron chi connectivity index (χ1n) is 10.6. The van der Waals surface area contributed by atoms with Gasteiger partial charge in [-0.25, -0.2) is 0 Å². The van der Waals surface area contributed by atoms with Gasteiger partial charge in [0.05, 0.1) is 5.69 Å². The Bertz CT molecular complexity index is 819. The zero-order valence-corrected chi connectivity index (χ0v) is 19.5. The van der Waals surface area contributed by atoms with Crippen molar-refractivity contribution in [3.63, 3.8) is 0 Å². The normalized spacial score (nSPS) is 18.3. The molecule has 0 bridgehead atoms. The molecule has 0 unspecified atom stereocenters. The number of carbonyl (C=O) groups excluding carboxylic acids is 2. The monoisotopic (exact) mass is 435 g/mol. The lowest BCUT2D eigenvalue weighted by Crippen LogP contribution is -2.47. The second-order valence-electron chi connectivity index (χ2n) is 9.02. The topological polar surface area (TPSA) is 88.8 Å². The second-order valence-corrected chi connectivity index (χ2v) is 10.4. The maximum atomic E-state index is 13.0. The number of rotatable bonds is 6. The molecular formula is C21H33N5O3S. The van der Waals surface area contributed by atoms with Crippen molar-refractivity contribution in [1.29, 1.82) is 0 Å². The fraction of sp³-hybridized carbons (Fsp3) is 0.714. The molecule has 1 fully saturated rings. The number of thioether (sulfide) groups is 1. The Morgan fingerprint density at radius 3 is 2.60 bits per heavy atom. The molecule has 30 heavy (non-hydrogen) atoms. The van der Waals surface area contributed by atoms with Gasteiger partial charge < -0.3 is 15.1 Å². The van der Waals surface area contributed by atoms with E-state index < -0.39 is 5.60 Å². The number of likely N-dealkylation sites (tertiary alicyclic amines) is 1. The van der Waals surface area contributed by atoms with Crippen LogP contribution in [0.25, 0.3) is 0 Å². The summed E-state index contributed by atoms with van der Waals surface area (Å²) in [5.74, 6) is 1.77. The van der Waals surface area contributed by atoms with Gasteiger partial charge in [0, 0.05) is 57.1 Å². The molecule has 1 aromatic heterocycles. The van der Waals surface area contributed by atoms with Crippen LogP contribution in [0.4, 0.5) is 0 Å². The minimum Gasteiger partial charge on any atom is -0.388 e. The molecule has 166 valence electrons. The molecule has 2 aliphatic rings. The number of oxime groups is 1. The molecule has 1 aromatic rings. The van der Waals surface area contributed by atoms with Crippen molar-refractivity contribution in [3.05, 3.63) is 17.5 Å². The third-order valence-electron chi connectivity index (χ3n) is 5.67. The van der Waals surface area contributed by atoms with Crippen LogP contribution < -0.4 is 5.32 Å². The summed E-state index contributed by atoms with van der Waals surface area (Å²) >= 11 is 1.79. The summed E-state index contributed by atoms with van der Waals surface area (Å²) in [6, 6.07) is 1.89. The van der Waals surface area contributed by atoms with Gasteiger partial charge in [0.2, 0.25) is 0 Å². The fourth-order valence-electron chi connectivity index (χ4n) is 3.71. The number of nitrogens with zero attached hydrogens (tertiary/aromatic N) is 4. The van der Waals surface area contributed by atoms with Crippen LogP contribution >= 0.6 is 11.8 Å². The Morgan fingerprint density at radius 1 is 1.30 bits per heavy atom. The van der Waals surface area contributed by atoms with Gasteiger partial charge in [0.25, 0.3) is 11.8 Å². The van der Waals surface area contributed by atoms with Gasteiger partial charge in [-0.3, -0.25) is 14.3 Å².